The fourth-order valence-corrected chi connectivity index (χ4v) is 4.31. The summed E-state index contributed by atoms with van der Waals surface area (Å²) in [6, 6.07) is 0. The highest BCUT2D eigenvalue weighted by Crippen LogP contribution is 2.46. The van der Waals surface area contributed by atoms with Gasteiger partial charge in [-0.25, -0.2) is 0 Å². The molecule has 2 fully saturated rings. The molecule has 6 heteroatoms. The summed E-state index contributed by atoms with van der Waals surface area (Å²) >= 11 is 0. The fourth-order valence-electron chi connectivity index (χ4n) is 2.96. The molecule has 1 aliphatic carbocycles. The van der Waals surface area contributed by atoms with Gasteiger partial charge in [-0.2, -0.15) is 5.48 Å². The molecular weight excluding hydrogens is 274 g/mol. The number of fused-ring (bicyclic) bond motifs is 2. The van der Waals surface area contributed by atoms with Crippen LogP contribution in [0.1, 0.15) is 33.6 Å². The highest BCUT2D eigenvalue weighted by molar-refractivity contribution is 6.74. The number of aliphatic hydroxyl groups is 1. The van der Waals surface area contributed by atoms with Crippen LogP contribution in [0.5, 0.6) is 0 Å². The highest BCUT2D eigenvalue weighted by Gasteiger charge is 2.60. The van der Waals surface area contributed by atoms with E-state index in [-0.39, 0.29) is 17.2 Å². The first-order valence-corrected chi connectivity index (χ1v) is 10.3. The average Bonchev–Trinajstić information content (AvgIpc) is 2.45. The molecule has 1 aliphatic heterocycles. The lowest BCUT2D eigenvalue weighted by Gasteiger charge is -2.47. The number of nitrogens with one attached hydrogen (secondary N) is 1. The predicted molar refractivity (Wildman–Crippen MR) is 79.9 cm³/mol. The normalized spacial score (nSPS) is 38.2. The Bertz CT molecular complexity index is 354. The van der Waals surface area contributed by atoms with Gasteiger partial charge in [-0.1, -0.05) is 20.8 Å². The van der Waals surface area contributed by atoms with E-state index in [0.717, 1.165) is 0 Å². The lowest BCUT2D eigenvalue weighted by atomic mass is 9.89. The van der Waals surface area contributed by atoms with Gasteiger partial charge < -0.3 is 19.1 Å². The number of aliphatic hydroxyl groups excluding tert-OH is 1. The van der Waals surface area contributed by atoms with Crippen LogP contribution in [-0.2, 0) is 14.0 Å². The summed E-state index contributed by atoms with van der Waals surface area (Å²) in [5.74, 6) is 0. The van der Waals surface area contributed by atoms with E-state index in [1.165, 1.54) is 0 Å². The molecule has 1 saturated heterocycles. The summed E-state index contributed by atoms with van der Waals surface area (Å²) < 4.78 is 12.4. The summed E-state index contributed by atoms with van der Waals surface area (Å²) in [6.45, 7) is 11.8. The largest absolute Gasteiger partial charge is 0.409 e. The summed E-state index contributed by atoms with van der Waals surface area (Å²) in [6.07, 6.45) is 0.625. The minimum Gasteiger partial charge on any atom is -0.409 e. The van der Waals surface area contributed by atoms with Gasteiger partial charge in [-0.05, 0) is 24.6 Å². The third kappa shape index (κ3) is 2.57. The predicted octanol–water partition coefficient (Wildman–Crippen LogP) is 1.82. The van der Waals surface area contributed by atoms with Crippen LogP contribution in [0.2, 0.25) is 18.1 Å². The van der Waals surface area contributed by atoms with Gasteiger partial charge >= 0.3 is 0 Å². The maximum Gasteiger partial charge on any atom is 0.192 e. The molecule has 0 unspecified atom stereocenters. The first-order chi connectivity index (χ1) is 9.14. The maximum absolute atomic E-state index is 10.5. The zero-order valence-electron chi connectivity index (χ0n) is 13.5. The van der Waals surface area contributed by atoms with Gasteiger partial charge in [0.1, 0.15) is 0 Å². The molecule has 4 atom stereocenters. The SMILES string of the molecule is CON[C@@]12CCO[C@@H](C[C@H]1O)[C@H]2O[Si](C)(C)C(C)(C)C. The number of hydrogen-bond acceptors (Lipinski definition) is 5. The zero-order valence-corrected chi connectivity index (χ0v) is 14.5. The van der Waals surface area contributed by atoms with Crippen molar-refractivity contribution >= 4 is 8.32 Å². The summed E-state index contributed by atoms with van der Waals surface area (Å²) in [4.78, 5) is 5.17. The van der Waals surface area contributed by atoms with Crippen LogP contribution < -0.4 is 5.48 Å². The van der Waals surface area contributed by atoms with Crippen molar-refractivity contribution in [3.05, 3.63) is 0 Å². The van der Waals surface area contributed by atoms with E-state index in [4.69, 9.17) is 14.0 Å². The second-order valence-corrected chi connectivity index (χ2v) is 12.3. The van der Waals surface area contributed by atoms with Gasteiger partial charge in [0.25, 0.3) is 0 Å². The lowest BCUT2D eigenvalue weighted by Crippen LogP contribution is -2.65. The van der Waals surface area contributed by atoms with Gasteiger partial charge in [-0.3, -0.25) is 0 Å². The van der Waals surface area contributed by atoms with Crippen LogP contribution in [0.4, 0.5) is 0 Å². The highest BCUT2D eigenvalue weighted by atomic mass is 28.4. The van der Waals surface area contributed by atoms with Crippen LogP contribution >= 0.6 is 0 Å². The molecule has 1 heterocycles. The summed E-state index contributed by atoms with van der Waals surface area (Å²) in [7, 11) is -0.337. The van der Waals surface area contributed by atoms with Gasteiger partial charge in [0, 0.05) is 13.0 Å². The summed E-state index contributed by atoms with van der Waals surface area (Å²) in [5.41, 5.74) is 2.50. The molecule has 2 N–H and O–H groups in total. The number of hydroxylamine groups is 1. The lowest BCUT2D eigenvalue weighted by molar-refractivity contribution is -0.136. The van der Waals surface area contributed by atoms with Crippen LogP contribution in [0.3, 0.4) is 0 Å². The fraction of sp³-hybridized carbons (Fsp3) is 1.00. The monoisotopic (exact) mass is 303 g/mol. The minimum atomic E-state index is -1.93. The Morgan fingerprint density at radius 3 is 2.55 bits per heavy atom. The number of ether oxygens (including phenoxy) is 1. The first-order valence-electron chi connectivity index (χ1n) is 7.42. The Morgan fingerprint density at radius 2 is 2.00 bits per heavy atom. The first kappa shape index (κ1) is 16.4. The molecule has 2 aliphatic rings. The van der Waals surface area contributed by atoms with Crippen LogP contribution in [0.25, 0.3) is 0 Å². The molecule has 0 aromatic heterocycles. The third-order valence-electron chi connectivity index (χ3n) is 5.26. The molecule has 5 nitrogen and oxygen atoms in total. The Labute approximate surface area is 123 Å². The van der Waals surface area contributed by atoms with E-state index in [1.54, 1.807) is 7.11 Å². The van der Waals surface area contributed by atoms with Crippen molar-refractivity contribution in [1.29, 1.82) is 0 Å². The Kier molecular flexibility index (Phi) is 4.37. The van der Waals surface area contributed by atoms with Gasteiger partial charge in [0.05, 0.1) is 31.0 Å². The van der Waals surface area contributed by atoms with Gasteiger partial charge in [0.15, 0.2) is 8.32 Å². The van der Waals surface area contributed by atoms with E-state index in [1.807, 2.05) is 0 Å². The van der Waals surface area contributed by atoms with Crippen molar-refractivity contribution in [1.82, 2.24) is 5.48 Å². The van der Waals surface area contributed by atoms with E-state index in [0.29, 0.717) is 19.4 Å². The Balaban J connectivity index is 2.25. The van der Waals surface area contributed by atoms with Crippen molar-refractivity contribution < 1.29 is 19.1 Å². The zero-order chi connectivity index (χ0) is 15.2. The molecule has 1 saturated carbocycles. The van der Waals surface area contributed by atoms with Crippen molar-refractivity contribution in [2.24, 2.45) is 0 Å². The van der Waals surface area contributed by atoms with Crippen molar-refractivity contribution in [3.8, 4) is 0 Å². The van der Waals surface area contributed by atoms with Gasteiger partial charge in [-0.15, -0.1) is 0 Å². The molecular formula is C14H29NO4Si. The molecule has 0 radical (unpaired) electrons. The third-order valence-corrected chi connectivity index (χ3v) is 9.72. The van der Waals surface area contributed by atoms with E-state index in [2.05, 4.69) is 39.3 Å². The molecule has 0 spiro atoms. The van der Waals surface area contributed by atoms with Crippen LogP contribution in [0.15, 0.2) is 0 Å². The van der Waals surface area contributed by atoms with Crippen molar-refractivity contribution in [2.75, 3.05) is 13.7 Å². The topological polar surface area (TPSA) is 60.0 Å². The average molecular weight is 303 g/mol. The summed E-state index contributed by atoms with van der Waals surface area (Å²) in [5, 5.41) is 10.6. The molecule has 0 aromatic carbocycles. The minimum absolute atomic E-state index is 0.0458. The van der Waals surface area contributed by atoms with Crippen molar-refractivity contribution in [3.63, 3.8) is 0 Å². The van der Waals surface area contributed by atoms with Crippen molar-refractivity contribution in [2.45, 2.75) is 75.6 Å². The second-order valence-electron chi connectivity index (χ2n) is 7.56. The Hall–Kier alpha value is 0.0169. The molecule has 2 rings (SSSR count). The number of rotatable bonds is 4. The van der Waals surface area contributed by atoms with E-state index >= 15 is 0 Å². The molecule has 20 heavy (non-hydrogen) atoms. The maximum atomic E-state index is 10.5. The molecule has 0 amide bonds. The Morgan fingerprint density at radius 1 is 1.35 bits per heavy atom. The van der Waals surface area contributed by atoms with Gasteiger partial charge in [0.2, 0.25) is 0 Å². The molecule has 2 bridgehead atoms. The molecule has 0 aromatic rings. The smallest absolute Gasteiger partial charge is 0.192 e. The quantitative estimate of drug-likeness (QED) is 0.613. The second kappa shape index (κ2) is 5.33. The standard InChI is InChI=1S/C14H29NO4Si/c1-13(2,3)20(5,6)19-12-10-9-11(16)14(12,15-17-4)7-8-18-10/h10-12,15-16H,7-9H2,1-6H3/t10-,11+,12+,14-/m0/s1. The van der Waals surface area contributed by atoms with Crippen LogP contribution in [-0.4, -0.2) is 51.0 Å². The van der Waals surface area contributed by atoms with E-state index in [9.17, 15) is 5.11 Å². The van der Waals surface area contributed by atoms with Crippen LogP contribution in [0, 0.1) is 0 Å². The number of hydrogen-bond donors (Lipinski definition) is 2. The molecule has 118 valence electrons. The van der Waals surface area contributed by atoms with E-state index < -0.39 is 20.0 Å².